The number of carbonyl (C=O) groups excluding carboxylic acids is 3. The number of hydrogen-bond acceptors (Lipinski definition) is 6. The van der Waals surface area contributed by atoms with Crippen LogP contribution in [0.25, 0.3) is 0 Å². The van der Waals surface area contributed by atoms with Crippen molar-refractivity contribution in [3.63, 3.8) is 0 Å². The first-order chi connectivity index (χ1) is 18.2. The Morgan fingerprint density at radius 2 is 1.97 bits per heavy atom. The van der Waals surface area contributed by atoms with Crippen LogP contribution in [-0.4, -0.2) is 74.5 Å². The molecule has 8 heteroatoms. The van der Waals surface area contributed by atoms with Crippen LogP contribution in [-0.2, 0) is 25.7 Å². The van der Waals surface area contributed by atoms with Gasteiger partial charge in [0.25, 0.3) is 0 Å². The Labute approximate surface area is 230 Å². The summed E-state index contributed by atoms with van der Waals surface area (Å²) < 4.78 is 4.70. The molecule has 0 radical (unpaired) electrons. The van der Waals surface area contributed by atoms with Gasteiger partial charge in [-0.25, -0.2) is 0 Å². The van der Waals surface area contributed by atoms with Crippen molar-refractivity contribution in [3.8, 4) is 0 Å². The molecule has 38 heavy (non-hydrogen) atoms. The Balaban J connectivity index is 1.80. The number of esters is 1. The summed E-state index contributed by atoms with van der Waals surface area (Å²) >= 11 is 1.62. The highest BCUT2D eigenvalue weighted by molar-refractivity contribution is 8.02. The number of rotatable bonds is 12. The van der Waals surface area contributed by atoms with Gasteiger partial charge in [0.2, 0.25) is 11.8 Å². The smallest absolute Gasteiger partial charge is 0.311 e. The van der Waals surface area contributed by atoms with Crippen LogP contribution < -0.4 is 0 Å². The molecule has 2 amide bonds. The number of aliphatic hydroxyl groups is 1. The molecule has 3 aliphatic heterocycles. The molecule has 4 rings (SSSR count). The molecule has 1 aromatic carbocycles. The maximum atomic E-state index is 14.6. The van der Waals surface area contributed by atoms with Gasteiger partial charge in [-0.2, -0.15) is 0 Å². The van der Waals surface area contributed by atoms with E-state index in [9.17, 15) is 19.5 Å². The van der Waals surface area contributed by atoms with Gasteiger partial charge in [-0.05, 0) is 30.2 Å². The van der Waals surface area contributed by atoms with E-state index in [0.717, 1.165) is 12.0 Å². The third-order valence-electron chi connectivity index (χ3n) is 8.26. The van der Waals surface area contributed by atoms with Crippen molar-refractivity contribution >= 4 is 29.5 Å². The highest BCUT2D eigenvalue weighted by Crippen LogP contribution is 2.69. The molecule has 3 unspecified atom stereocenters. The molecule has 0 aromatic heterocycles. The van der Waals surface area contributed by atoms with Gasteiger partial charge >= 0.3 is 5.97 Å². The molecule has 3 fully saturated rings. The molecule has 0 saturated carbocycles. The molecular weight excluding hydrogens is 500 g/mol. The van der Waals surface area contributed by atoms with Gasteiger partial charge < -0.3 is 19.6 Å². The summed E-state index contributed by atoms with van der Waals surface area (Å²) in [6.45, 7) is 14.2. The summed E-state index contributed by atoms with van der Waals surface area (Å²) in [6.07, 6.45) is 4.51. The lowest BCUT2D eigenvalue weighted by Gasteiger charge is -2.42. The van der Waals surface area contributed by atoms with Crippen molar-refractivity contribution in [3.05, 3.63) is 61.2 Å². The number of likely N-dealkylation sites (tertiary alicyclic amines) is 1. The first-order valence-electron chi connectivity index (χ1n) is 13.5. The highest BCUT2D eigenvalue weighted by atomic mass is 32.2. The minimum atomic E-state index is -0.790. The third kappa shape index (κ3) is 4.81. The van der Waals surface area contributed by atoms with Crippen LogP contribution >= 0.6 is 11.8 Å². The second-order valence-corrected chi connectivity index (χ2v) is 12.7. The van der Waals surface area contributed by atoms with Crippen LogP contribution in [0.5, 0.6) is 0 Å². The molecule has 3 heterocycles. The van der Waals surface area contributed by atoms with E-state index in [1.54, 1.807) is 27.6 Å². The van der Waals surface area contributed by atoms with Crippen molar-refractivity contribution in [2.75, 3.05) is 19.8 Å². The van der Waals surface area contributed by atoms with E-state index in [-0.39, 0.29) is 42.1 Å². The van der Waals surface area contributed by atoms with Crippen molar-refractivity contribution in [2.45, 2.75) is 62.2 Å². The molecule has 7 nitrogen and oxygen atoms in total. The Hall–Kier alpha value is -2.58. The number of fused-ring (bicyclic) bond motifs is 1. The molecule has 7 atom stereocenters. The van der Waals surface area contributed by atoms with Crippen LogP contribution in [0.3, 0.4) is 0 Å². The van der Waals surface area contributed by atoms with Crippen molar-refractivity contribution in [1.29, 1.82) is 0 Å². The fourth-order valence-corrected chi connectivity index (χ4v) is 9.21. The van der Waals surface area contributed by atoms with Crippen molar-refractivity contribution < 1.29 is 24.2 Å². The number of nitrogens with zero attached hydrogens (tertiary/aromatic N) is 2. The average molecular weight is 541 g/mol. The van der Waals surface area contributed by atoms with E-state index in [0.29, 0.717) is 19.5 Å². The number of aliphatic hydroxyl groups excluding tert-OH is 1. The van der Waals surface area contributed by atoms with Crippen LogP contribution in [0, 0.1) is 23.7 Å². The predicted octanol–water partition coefficient (Wildman–Crippen LogP) is 3.67. The zero-order valence-corrected chi connectivity index (χ0v) is 23.4. The van der Waals surface area contributed by atoms with E-state index in [4.69, 9.17) is 4.74 Å². The molecule has 3 saturated heterocycles. The zero-order valence-electron chi connectivity index (χ0n) is 22.6. The van der Waals surface area contributed by atoms with Gasteiger partial charge in [0.1, 0.15) is 12.6 Å². The lowest BCUT2D eigenvalue weighted by Crippen LogP contribution is -2.59. The molecule has 1 aromatic rings. The van der Waals surface area contributed by atoms with Crippen LogP contribution in [0.2, 0.25) is 0 Å². The van der Waals surface area contributed by atoms with E-state index in [2.05, 4.69) is 20.1 Å². The standard InChI is InChI=1S/C30H40N2O5S/c1-6-13-31(17-21-11-9-8-10-12-21)28(35)26-30-20(5)16-23(38-30)24(29(36)37-14-7-2)25(30)27(34)32(26)22(18-33)15-19(3)4/h6-12,19-20,22-26,33H,1-2,13-18H2,3-5H3/t20?,22-,23+,24-,25+,26?,30?/m1/s1. The summed E-state index contributed by atoms with van der Waals surface area (Å²) in [5, 5.41) is 10.4. The topological polar surface area (TPSA) is 87.2 Å². The highest BCUT2D eigenvalue weighted by Gasteiger charge is 2.77. The van der Waals surface area contributed by atoms with E-state index in [1.165, 1.54) is 6.08 Å². The molecule has 1 spiro atoms. The fourth-order valence-electron chi connectivity index (χ4n) is 6.82. The maximum absolute atomic E-state index is 14.6. The molecule has 1 N–H and O–H groups in total. The fraction of sp³-hybridized carbons (Fsp3) is 0.567. The summed E-state index contributed by atoms with van der Waals surface area (Å²) in [4.78, 5) is 45.6. The first kappa shape index (κ1) is 28.4. The number of carbonyl (C=O) groups is 3. The predicted molar refractivity (Wildman–Crippen MR) is 149 cm³/mol. The second kappa shape index (κ2) is 11.7. The second-order valence-electron chi connectivity index (χ2n) is 11.2. The maximum Gasteiger partial charge on any atom is 0.311 e. The van der Waals surface area contributed by atoms with E-state index >= 15 is 0 Å². The Morgan fingerprint density at radius 1 is 1.26 bits per heavy atom. The lowest BCUT2D eigenvalue weighted by molar-refractivity contribution is -0.154. The molecule has 206 valence electrons. The monoisotopic (exact) mass is 540 g/mol. The minimum absolute atomic E-state index is 0.0366. The summed E-state index contributed by atoms with van der Waals surface area (Å²) in [7, 11) is 0. The SMILES string of the molecule is C=CCOC(=O)[C@@H]1[C@@H]2CC(C)C3(S2)C(C(=O)N(CC=C)Cc2ccccc2)N([C@@H](CO)CC(C)C)C(=O)[C@H]13. The molecule has 2 bridgehead atoms. The van der Waals surface area contributed by atoms with E-state index in [1.807, 2.05) is 44.2 Å². The van der Waals surface area contributed by atoms with Gasteiger partial charge in [0, 0.05) is 18.3 Å². The Bertz CT molecular complexity index is 1060. The summed E-state index contributed by atoms with van der Waals surface area (Å²) in [5.41, 5.74) is 0.982. The Kier molecular flexibility index (Phi) is 8.72. The molecule has 0 aliphatic carbocycles. The van der Waals surface area contributed by atoms with Gasteiger partial charge in [-0.1, -0.05) is 69.8 Å². The quantitative estimate of drug-likeness (QED) is 0.322. The van der Waals surface area contributed by atoms with Gasteiger partial charge in [-0.3, -0.25) is 14.4 Å². The number of thioether (sulfide) groups is 1. The number of amides is 2. The first-order valence-corrected chi connectivity index (χ1v) is 14.4. The number of ether oxygens (including phenoxy) is 1. The Morgan fingerprint density at radius 3 is 2.58 bits per heavy atom. The third-order valence-corrected chi connectivity index (χ3v) is 10.3. The largest absolute Gasteiger partial charge is 0.461 e. The zero-order chi connectivity index (χ0) is 27.6. The average Bonchev–Trinajstić information content (AvgIpc) is 3.49. The van der Waals surface area contributed by atoms with Gasteiger partial charge in [-0.15, -0.1) is 18.3 Å². The van der Waals surface area contributed by atoms with Gasteiger partial charge in [0.15, 0.2) is 0 Å². The number of hydrogen-bond donors (Lipinski definition) is 1. The minimum Gasteiger partial charge on any atom is -0.461 e. The summed E-state index contributed by atoms with van der Waals surface area (Å²) in [5.74, 6) is -1.83. The lowest BCUT2D eigenvalue weighted by atomic mass is 9.66. The van der Waals surface area contributed by atoms with Crippen LogP contribution in [0.4, 0.5) is 0 Å². The van der Waals surface area contributed by atoms with Crippen LogP contribution in [0.15, 0.2) is 55.6 Å². The summed E-state index contributed by atoms with van der Waals surface area (Å²) in [6, 6.07) is 8.45. The number of benzene rings is 1. The van der Waals surface area contributed by atoms with Gasteiger partial charge in [0.05, 0.1) is 29.2 Å². The van der Waals surface area contributed by atoms with Crippen molar-refractivity contribution in [2.24, 2.45) is 23.7 Å². The molecule has 3 aliphatic rings. The van der Waals surface area contributed by atoms with Crippen LogP contribution in [0.1, 0.15) is 39.2 Å². The van der Waals surface area contributed by atoms with Crippen molar-refractivity contribution in [1.82, 2.24) is 9.80 Å². The normalized spacial score (nSPS) is 30.3. The van der Waals surface area contributed by atoms with E-state index < -0.39 is 34.6 Å². The molecular formula is C30H40N2O5S.